The lowest BCUT2D eigenvalue weighted by Gasteiger charge is -2.13. The zero-order valence-electron chi connectivity index (χ0n) is 10.2. The van der Waals surface area contributed by atoms with Crippen molar-refractivity contribution >= 4 is 11.9 Å². The number of nitrogens with one attached hydrogen (secondary N) is 2. The highest BCUT2D eigenvalue weighted by atomic mass is 16.5. The van der Waals surface area contributed by atoms with Crippen molar-refractivity contribution in [1.29, 1.82) is 0 Å². The van der Waals surface area contributed by atoms with E-state index in [1.54, 1.807) is 7.11 Å². The van der Waals surface area contributed by atoms with E-state index in [0.29, 0.717) is 18.7 Å². The molecule has 18 heavy (non-hydrogen) atoms. The van der Waals surface area contributed by atoms with Gasteiger partial charge in [0, 0.05) is 38.4 Å². The van der Waals surface area contributed by atoms with Crippen molar-refractivity contribution < 1.29 is 19.4 Å². The highest BCUT2D eigenvalue weighted by Crippen LogP contribution is 2.00. The molecule has 0 bridgehead atoms. The van der Waals surface area contributed by atoms with Gasteiger partial charge in [-0.05, 0) is 6.42 Å². The molecule has 1 rings (SSSR count). The van der Waals surface area contributed by atoms with Gasteiger partial charge in [0.2, 0.25) is 5.91 Å². The Morgan fingerprint density at radius 2 is 2.39 bits per heavy atom. The number of aliphatic carboxylic acids is 1. The number of amides is 1. The maximum absolute atomic E-state index is 11.5. The topological polar surface area (TPSA) is 104 Å². The molecule has 100 valence electrons. The quantitative estimate of drug-likeness (QED) is 0.565. The molecule has 0 fully saturated rings. The molecule has 7 heteroatoms. The normalized spacial score (nSPS) is 12.1. The van der Waals surface area contributed by atoms with Gasteiger partial charge in [0.1, 0.15) is 6.04 Å². The monoisotopic (exact) mass is 255 g/mol. The van der Waals surface area contributed by atoms with Crippen molar-refractivity contribution in [1.82, 2.24) is 15.3 Å². The second-order valence-corrected chi connectivity index (χ2v) is 3.84. The molecule has 1 aromatic rings. The van der Waals surface area contributed by atoms with Gasteiger partial charge < -0.3 is 20.1 Å². The molecule has 0 aromatic carbocycles. The maximum atomic E-state index is 11.5. The Morgan fingerprint density at radius 1 is 1.61 bits per heavy atom. The molecule has 0 aliphatic carbocycles. The predicted molar refractivity (Wildman–Crippen MR) is 63.0 cm³/mol. The van der Waals surface area contributed by atoms with Crippen LogP contribution in [0.15, 0.2) is 12.5 Å². The third-order valence-corrected chi connectivity index (χ3v) is 2.36. The van der Waals surface area contributed by atoms with E-state index < -0.39 is 12.0 Å². The number of hydrogen-bond donors (Lipinski definition) is 3. The first-order valence-corrected chi connectivity index (χ1v) is 5.62. The van der Waals surface area contributed by atoms with E-state index >= 15 is 0 Å². The summed E-state index contributed by atoms with van der Waals surface area (Å²) in [6.45, 7) is 0.478. The minimum atomic E-state index is -1.07. The van der Waals surface area contributed by atoms with Crippen LogP contribution in [0.25, 0.3) is 0 Å². The Morgan fingerprint density at radius 3 is 2.94 bits per heavy atom. The number of rotatable bonds is 8. The molecule has 0 saturated carbocycles. The van der Waals surface area contributed by atoms with Crippen molar-refractivity contribution in [3.05, 3.63) is 18.2 Å². The second-order valence-electron chi connectivity index (χ2n) is 3.84. The fraction of sp³-hybridized carbons (Fsp3) is 0.545. The summed E-state index contributed by atoms with van der Waals surface area (Å²) in [5, 5.41) is 11.5. The smallest absolute Gasteiger partial charge is 0.326 e. The second kappa shape index (κ2) is 7.44. The van der Waals surface area contributed by atoms with Crippen molar-refractivity contribution in [3.63, 3.8) is 0 Å². The van der Waals surface area contributed by atoms with Gasteiger partial charge in [-0.25, -0.2) is 9.78 Å². The molecule has 0 aliphatic rings. The van der Waals surface area contributed by atoms with Gasteiger partial charge in [-0.15, -0.1) is 0 Å². The molecule has 7 nitrogen and oxygen atoms in total. The molecule has 0 saturated heterocycles. The van der Waals surface area contributed by atoms with Crippen LogP contribution in [0.5, 0.6) is 0 Å². The molecule has 0 unspecified atom stereocenters. The number of carbonyl (C=O) groups is 2. The summed E-state index contributed by atoms with van der Waals surface area (Å²) < 4.78 is 4.82. The summed E-state index contributed by atoms with van der Waals surface area (Å²) in [6, 6.07) is -0.944. The van der Waals surface area contributed by atoms with Crippen LogP contribution in [0.1, 0.15) is 18.5 Å². The number of hydrogen-bond acceptors (Lipinski definition) is 4. The molecule has 1 atom stereocenters. The van der Waals surface area contributed by atoms with Gasteiger partial charge in [0.15, 0.2) is 0 Å². The third-order valence-electron chi connectivity index (χ3n) is 2.36. The number of carbonyl (C=O) groups excluding carboxylic acids is 1. The molecule has 1 heterocycles. The number of H-pyrrole nitrogens is 1. The summed E-state index contributed by atoms with van der Waals surface area (Å²) in [5.41, 5.74) is 0.666. The summed E-state index contributed by atoms with van der Waals surface area (Å²) >= 11 is 0. The minimum absolute atomic E-state index is 0.186. The van der Waals surface area contributed by atoms with E-state index in [0.717, 1.165) is 0 Å². The fourth-order valence-corrected chi connectivity index (χ4v) is 1.46. The number of ether oxygens (including phenoxy) is 1. The Labute approximate surface area is 105 Å². The number of methoxy groups -OCH3 is 1. The van der Waals surface area contributed by atoms with E-state index in [1.807, 2.05) is 0 Å². The molecule has 1 amide bonds. The Balaban J connectivity index is 2.42. The third kappa shape index (κ3) is 4.96. The van der Waals surface area contributed by atoms with Crippen LogP contribution in [-0.4, -0.2) is 46.7 Å². The van der Waals surface area contributed by atoms with Crippen LogP contribution in [0.4, 0.5) is 0 Å². The van der Waals surface area contributed by atoms with Crippen LogP contribution in [0.3, 0.4) is 0 Å². The summed E-state index contributed by atoms with van der Waals surface area (Å²) in [6.07, 6.45) is 4.01. The molecule has 0 radical (unpaired) electrons. The average Bonchev–Trinajstić information content (AvgIpc) is 2.81. The zero-order chi connectivity index (χ0) is 13.4. The van der Waals surface area contributed by atoms with Crippen LogP contribution in [0.2, 0.25) is 0 Å². The standard InChI is InChI=1S/C11H17N3O4/c1-18-4-2-3-10(15)14-9(11(16)17)5-8-6-12-7-13-8/h6-7,9H,2-5H2,1H3,(H,12,13)(H,14,15)(H,16,17)/t9-/m1/s1. The minimum Gasteiger partial charge on any atom is -0.480 e. The van der Waals surface area contributed by atoms with Crippen molar-refractivity contribution in [3.8, 4) is 0 Å². The van der Waals surface area contributed by atoms with Gasteiger partial charge in [0.25, 0.3) is 0 Å². The first-order chi connectivity index (χ1) is 8.63. The SMILES string of the molecule is COCCCC(=O)N[C@H](Cc1cnc[nH]1)C(=O)O. The van der Waals surface area contributed by atoms with Crippen molar-refractivity contribution in [2.75, 3.05) is 13.7 Å². The van der Waals surface area contributed by atoms with E-state index in [9.17, 15) is 9.59 Å². The maximum Gasteiger partial charge on any atom is 0.326 e. The average molecular weight is 255 g/mol. The van der Waals surface area contributed by atoms with E-state index in [-0.39, 0.29) is 18.7 Å². The number of imidazole rings is 1. The first kappa shape index (κ1) is 14.2. The van der Waals surface area contributed by atoms with Gasteiger partial charge in [-0.2, -0.15) is 0 Å². The lowest BCUT2D eigenvalue weighted by atomic mass is 10.1. The van der Waals surface area contributed by atoms with Gasteiger partial charge >= 0.3 is 5.97 Å². The summed E-state index contributed by atoms with van der Waals surface area (Å²) in [5.74, 6) is -1.36. The largest absolute Gasteiger partial charge is 0.480 e. The number of aromatic amines is 1. The Kier molecular flexibility index (Phi) is 5.86. The number of carboxylic acids is 1. The summed E-state index contributed by atoms with van der Waals surface area (Å²) in [4.78, 5) is 29.1. The Bertz CT molecular complexity index is 378. The highest BCUT2D eigenvalue weighted by Gasteiger charge is 2.20. The van der Waals surface area contributed by atoms with Crippen LogP contribution < -0.4 is 5.32 Å². The molecule has 0 aliphatic heterocycles. The molecule has 3 N–H and O–H groups in total. The van der Waals surface area contributed by atoms with Crippen molar-refractivity contribution in [2.45, 2.75) is 25.3 Å². The molecule has 0 spiro atoms. The molecular formula is C11H17N3O4. The number of nitrogens with zero attached hydrogens (tertiary/aromatic N) is 1. The Hall–Kier alpha value is -1.89. The van der Waals surface area contributed by atoms with Gasteiger partial charge in [-0.3, -0.25) is 4.79 Å². The summed E-state index contributed by atoms with van der Waals surface area (Å²) in [7, 11) is 1.55. The predicted octanol–water partition coefficient (Wildman–Crippen LogP) is -0.0518. The lowest BCUT2D eigenvalue weighted by molar-refractivity contribution is -0.141. The van der Waals surface area contributed by atoms with Crippen molar-refractivity contribution in [2.24, 2.45) is 0 Å². The van der Waals surface area contributed by atoms with E-state index in [4.69, 9.17) is 9.84 Å². The van der Waals surface area contributed by atoms with E-state index in [1.165, 1.54) is 12.5 Å². The highest BCUT2D eigenvalue weighted by molar-refractivity contribution is 5.83. The number of aromatic nitrogens is 2. The zero-order valence-corrected chi connectivity index (χ0v) is 10.2. The molecular weight excluding hydrogens is 238 g/mol. The van der Waals surface area contributed by atoms with Gasteiger partial charge in [-0.1, -0.05) is 0 Å². The van der Waals surface area contributed by atoms with Crippen LogP contribution in [-0.2, 0) is 20.7 Å². The van der Waals surface area contributed by atoms with Crippen LogP contribution in [0, 0.1) is 0 Å². The van der Waals surface area contributed by atoms with Crippen LogP contribution >= 0.6 is 0 Å². The first-order valence-electron chi connectivity index (χ1n) is 5.62. The van der Waals surface area contributed by atoms with E-state index in [2.05, 4.69) is 15.3 Å². The molecule has 1 aromatic heterocycles. The fourth-order valence-electron chi connectivity index (χ4n) is 1.46. The number of carboxylic acid groups (broad SMARTS) is 1. The lowest BCUT2D eigenvalue weighted by Crippen LogP contribution is -2.42. The van der Waals surface area contributed by atoms with Gasteiger partial charge in [0.05, 0.1) is 6.33 Å².